The SMILES string of the molecule is N#Cc1ccc(-c2ccc3[nH]c4ccccc4c3c2)c(-n2c3ccccc3c3ccccc32)c1. The van der Waals surface area contributed by atoms with Gasteiger partial charge in [-0.15, -0.1) is 0 Å². The molecule has 5 aromatic carbocycles. The quantitative estimate of drug-likeness (QED) is 0.295. The van der Waals surface area contributed by atoms with Crippen molar-refractivity contribution in [2.24, 2.45) is 0 Å². The van der Waals surface area contributed by atoms with Crippen molar-refractivity contribution in [3.8, 4) is 22.9 Å². The molecule has 2 aromatic heterocycles. The van der Waals surface area contributed by atoms with Crippen molar-refractivity contribution in [1.29, 1.82) is 5.26 Å². The van der Waals surface area contributed by atoms with Crippen LogP contribution in [0.1, 0.15) is 5.56 Å². The van der Waals surface area contributed by atoms with Crippen LogP contribution in [0, 0.1) is 11.3 Å². The highest BCUT2D eigenvalue weighted by atomic mass is 15.0. The molecule has 0 fully saturated rings. The molecule has 0 atom stereocenters. The first-order valence-electron chi connectivity index (χ1n) is 11.4. The van der Waals surface area contributed by atoms with Gasteiger partial charge in [0.15, 0.2) is 0 Å². The zero-order chi connectivity index (χ0) is 22.6. The van der Waals surface area contributed by atoms with Crippen molar-refractivity contribution in [3.05, 3.63) is 115 Å². The largest absolute Gasteiger partial charge is 0.355 e. The summed E-state index contributed by atoms with van der Waals surface area (Å²) in [5, 5.41) is 14.5. The molecule has 0 aliphatic rings. The van der Waals surface area contributed by atoms with E-state index >= 15 is 0 Å². The van der Waals surface area contributed by atoms with Crippen molar-refractivity contribution in [3.63, 3.8) is 0 Å². The highest BCUT2D eigenvalue weighted by Gasteiger charge is 2.16. The van der Waals surface area contributed by atoms with Gasteiger partial charge in [0.25, 0.3) is 0 Å². The molecule has 0 aliphatic heterocycles. The minimum atomic E-state index is 0.647. The number of fused-ring (bicyclic) bond motifs is 6. The fourth-order valence-corrected chi connectivity index (χ4v) is 5.23. The highest BCUT2D eigenvalue weighted by molar-refractivity contribution is 6.11. The second-order valence-corrected chi connectivity index (χ2v) is 8.64. The van der Waals surface area contributed by atoms with Crippen molar-refractivity contribution >= 4 is 43.6 Å². The Kier molecular flexibility index (Phi) is 3.91. The van der Waals surface area contributed by atoms with E-state index in [0.717, 1.165) is 38.9 Å². The van der Waals surface area contributed by atoms with E-state index in [9.17, 15) is 5.26 Å². The number of nitriles is 1. The molecular weight excluding hydrogens is 414 g/mol. The molecule has 1 N–H and O–H groups in total. The lowest BCUT2D eigenvalue weighted by molar-refractivity contribution is 1.18. The molecule has 158 valence electrons. The standard InChI is InChI=1S/C31H19N3/c32-19-20-13-15-22(21-14-16-28-26(18-21)23-7-1-4-10-27(23)33-28)31(17-20)34-29-11-5-2-8-24(29)25-9-3-6-12-30(25)34/h1-18,33H. The van der Waals surface area contributed by atoms with E-state index in [4.69, 9.17) is 0 Å². The van der Waals surface area contributed by atoms with Crippen LogP contribution in [-0.4, -0.2) is 9.55 Å². The van der Waals surface area contributed by atoms with Crippen molar-refractivity contribution < 1.29 is 0 Å². The van der Waals surface area contributed by atoms with Gasteiger partial charge in [-0.1, -0.05) is 66.7 Å². The van der Waals surface area contributed by atoms with Crippen LogP contribution in [-0.2, 0) is 0 Å². The monoisotopic (exact) mass is 433 g/mol. The van der Waals surface area contributed by atoms with E-state index in [1.165, 1.54) is 21.5 Å². The van der Waals surface area contributed by atoms with Crippen molar-refractivity contribution in [2.45, 2.75) is 0 Å². The summed E-state index contributed by atoms with van der Waals surface area (Å²) in [4.78, 5) is 3.52. The van der Waals surface area contributed by atoms with Gasteiger partial charge in [-0.3, -0.25) is 0 Å². The van der Waals surface area contributed by atoms with Gasteiger partial charge in [-0.25, -0.2) is 0 Å². The molecule has 34 heavy (non-hydrogen) atoms. The smallest absolute Gasteiger partial charge is 0.0992 e. The molecular formula is C31H19N3. The second-order valence-electron chi connectivity index (χ2n) is 8.64. The number of hydrogen-bond acceptors (Lipinski definition) is 1. The van der Waals surface area contributed by atoms with Crippen molar-refractivity contribution in [2.75, 3.05) is 0 Å². The normalized spacial score (nSPS) is 11.5. The molecule has 7 rings (SSSR count). The van der Waals surface area contributed by atoms with Crippen LogP contribution < -0.4 is 0 Å². The van der Waals surface area contributed by atoms with Gasteiger partial charge in [0.1, 0.15) is 0 Å². The molecule has 0 saturated heterocycles. The maximum absolute atomic E-state index is 9.72. The fraction of sp³-hybridized carbons (Fsp3) is 0. The molecule has 0 radical (unpaired) electrons. The Bertz CT molecular complexity index is 1870. The Morgan fingerprint density at radius 3 is 1.97 bits per heavy atom. The molecule has 3 heteroatoms. The third kappa shape index (κ3) is 2.63. The lowest BCUT2D eigenvalue weighted by atomic mass is 9.99. The van der Waals surface area contributed by atoms with Crippen LogP contribution in [0.25, 0.3) is 60.4 Å². The van der Waals surface area contributed by atoms with Gasteiger partial charge in [-0.05, 0) is 48.0 Å². The Morgan fingerprint density at radius 1 is 0.588 bits per heavy atom. The first-order chi connectivity index (χ1) is 16.8. The van der Waals surface area contributed by atoms with E-state index in [0.29, 0.717) is 5.56 Å². The van der Waals surface area contributed by atoms with Gasteiger partial charge in [0.05, 0.1) is 28.4 Å². The second kappa shape index (κ2) is 7.10. The van der Waals surface area contributed by atoms with Crippen LogP contribution in [0.15, 0.2) is 109 Å². The molecule has 0 bridgehead atoms. The zero-order valence-corrected chi connectivity index (χ0v) is 18.3. The summed E-state index contributed by atoms with van der Waals surface area (Å²) in [5.41, 5.74) is 8.40. The number of para-hydroxylation sites is 3. The Labute approximate surface area is 196 Å². The lowest BCUT2D eigenvalue weighted by Crippen LogP contribution is -1.98. The first-order valence-corrected chi connectivity index (χ1v) is 11.4. The van der Waals surface area contributed by atoms with Gasteiger partial charge < -0.3 is 9.55 Å². The van der Waals surface area contributed by atoms with E-state index in [1.54, 1.807) is 0 Å². The van der Waals surface area contributed by atoms with Gasteiger partial charge in [0, 0.05) is 38.1 Å². The number of rotatable bonds is 2. The summed E-state index contributed by atoms with van der Waals surface area (Å²) in [6.07, 6.45) is 0. The van der Waals surface area contributed by atoms with Crippen LogP contribution in [0.4, 0.5) is 0 Å². The highest BCUT2D eigenvalue weighted by Crippen LogP contribution is 2.38. The number of nitrogens with one attached hydrogen (secondary N) is 1. The van der Waals surface area contributed by atoms with Crippen LogP contribution in [0.2, 0.25) is 0 Å². The minimum absolute atomic E-state index is 0.647. The molecule has 0 saturated carbocycles. The number of aromatic nitrogens is 2. The summed E-state index contributed by atoms with van der Waals surface area (Å²) in [6, 6.07) is 40.2. The van der Waals surface area contributed by atoms with Gasteiger partial charge in [0.2, 0.25) is 0 Å². The van der Waals surface area contributed by atoms with E-state index in [1.807, 2.05) is 12.1 Å². The topological polar surface area (TPSA) is 44.5 Å². The number of hydrogen-bond donors (Lipinski definition) is 1. The summed E-state index contributed by atoms with van der Waals surface area (Å²) in [5.74, 6) is 0. The van der Waals surface area contributed by atoms with Crippen LogP contribution in [0.5, 0.6) is 0 Å². The van der Waals surface area contributed by atoms with Crippen LogP contribution >= 0.6 is 0 Å². The molecule has 0 spiro atoms. The third-order valence-corrected chi connectivity index (χ3v) is 6.76. The molecule has 3 nitrogen and oxygen atoms in total. The molecule has 0 unspecified atom stereocenters. The molecule has 2 heterocycles. The van der Waals surface area contributed by atoms with Gasteiger partial charge >= 0.3 is 0 Å². The van der Waals surface area contributed by atoms with Crippen molar-refractivity contribution in [1.82, 2.24) is 9.55 Å². The first kappa shape index (κ1) is 18.7. The average Bonchev–Trinajstić information content (AvgIpc) is 3.44. The van der Waals surface area contributed by atoms with E-state index in [2.05, 4.69) is 113 Å². The predicted molar refractivity (Wildman–Crippen MR) is 140 cm³/mol. The minimum Gasteiger partial charge on any atom is -0.355 e. The number of H-pyrrole nitrogens is 1. The molecule has 0 aliphatic carbocycles. The third-order valence-electron chi connectivity index (χ3n) is 6.76. The summed E-state index contributed by atoms with van der Waals surface area (Å²) in [6.45, 7) is 0. The number of nitrogens with zero attached hydrogens (tertiary/aromatic N) is 2. The van der Waals surface area contributed by atoms with E-state index in [-0.39, 0.29) is 0 Å². The molecule has 7 aromatic rings. The Hall–Kier alpha value is -4.81. The number of benzene rings is 5. The zero-order valence-electron chi connectivity index (χ0n) is 18.3. The summed E-state index contributed by atoms with van der Waals surface area (Å²) >= 11 is 0. The summed E-state index contributed by atoms with van der Waals surface area (Å²) < 4.78 is 2.29. The van der Waals surface area contributed by atoms with Gasteiger partial charge in [-0.2, -0.15) is 5.26 Å². The molecule has 0 amide bonds. The predicted octanol–water partition coefficient (Wildman–Crippen LogP) is 7.96. The number of aromatic amines is 1. The Balaban J connectivity index is 1.57. The maximum atomic E-state index is 9.72. The van der Waals surface area contributed by atoms with E-state index < -0.39 is 0 Å². The Morgan fingerprint density at radius 2 is 1.24 bits per heavy atom. The average molecular weight is 434 g/mol. The van der Waals surface area contributed by atoms with Crippen LogP contribution in [0.3, 0.4) is 0 Å². The maximum Gasteiger partial charge on any atom is 0.0992 e. The fourth-order valence-electron chi connectivity index (χ4n) is 5.23. The lowest BCUT2D eigenvalue weighted by Gasteiger charge is -2.15. The summed E-state index contributed by atoms with van der Waals surface area (Å²) in [7, 11) is 0.